The monoisotopic (exact) mass is 345 g/mol. The lowest BCUT2D eigenvalue weighted by Gasteiger charge is -2.17. The predicted molar refractivity (Wildman–Crippen MR) is 99.8 cm³/mol. The van der Waals surface area contributed by atoms with Crippen molar-refractivity contribution in [3.8, 4) is 5.75 Å². The molecule has 0 radical (unpaired) electrons. The zero-order valence-electron chi connectivity index (χ0n) is 14.2. The Labute approximate surface area is 149 Å². The van der Waals surface area contributed by atoms with Crippen LogP contribution in [0.15, 0.2) is 48.5 Å². The molecule has 1 N–H and O–H groups in total. The highest BCUT2D eigenvalue weighted by molar-refractivity contribution is 6.30. The number of aryl methyl sites for hydroxylation is 1. The van der Waals surface area contributed by atoms with Crippen LogP contribution in [0.25, 0.3) is 0 Å². The van der Waals surface area contributed by atoms with Gasteiger partial charge in [-0.15, -0.1) is 0 Å². The molecule has 4 heteroatoms. The van der Waals surface area contributed by atoms with Crippen molar-refractivity contribution < 1.29 is 9.53 Å². The van der Waals surface area contributed by atoms with Crippen LogP contribution in [0, 0.1) is 0 Å². The number of rotatable bonds is 8. The Morgan fingerprint density at radius 3 is 2.33 bits per heavy atom. The number of carbonyl (C=O) groups excluding carboxylic acids is 1. The summed E-state index contributed by atoms with van der Waals surface area (Å²) in [6.07, 6.45) is 3.48. The van der Waals surface area contributed by atoms with Gasteiger partial charge in [0.05, 0.1) is 0 Å². The van der Waals surface area contributed by atoms with Crippen LogP contribution in [-0.4, -0.2) is 12.0 Å². The van der Waals surface area contributed by atoms with Crippen molar-refractivity contribution in [1.29, 1.82) is 0 Å². The summed E-state index contributed by atoms with van der Waals surface area (Å²) < 4.78 is 5.76. The number of nitrogens with one attached hydrogen (secondary N) is 1. The fourth-order valence-electron chi connectivity index (χ4n) is 2.36. The van der Waals surface area contributed by atoms with Gasteiger partial charge in [-0.1, -0.05) is 44.0 Å². The summed E-state index contributed by atoms with van der Waals surface area (Å²) >= 11 is 5.86. The van der Waals surface area contributed by atoms with Crippen molar-refractivity contribution in [2.24, 2.45) is 0 Å². The van der Waals surface area contributed by atoms with Crippen LogP contribution in [0.5, 0.6) is 5.75 Å². The Balaban J connectivity index is 1.94. The lowest BCUT2D eigenvalue weighted by molar-refractivity contribution is -0.122. The van der Waals surface area contributed by atoms with Crippen LogP contribution in [-0.2, 0) is 11.2 Å². The number of amides is 1. The summed E-state index contributed by atoms with van der Waals surface area (Å²) in [5.41, 5.74) is 2.08. The van der Waals surface area contributed by atoms with Crippen molar-refractivity contribution in [1.82, 2.24) is 0 Å². The molecule has 24 heavy (non-hydrogen) atoms. The van der Waals surface area contributed by atoms with Gasteiger partial charge in [-0.05, 0) is 61.2 Å². The smallest absolute Gasteiger partial charge is 0.265 e. The molecule has 0 saturated heterocycles. The third kappa shape index (κ3) is 5.57. The molecule has 1 amide bonds. The van der Waals surface area contributed by atoms with Gasteiger partial charge in [-0.2, -0.15) is 0 Å². The molecule has 128 valence electrons. The highest BCUT2D eigenvalue weighted by Crippen LogP contribution is 2.19. The molecular weight excluding hydrogens is 322 g/mol. The molecule has 3 nitrogen and oxygen atoms in total. The molecule has 1 atom stereocenters. The lowest BCUT2D eigenvalue weighted by atomic mass is 10.1. The van der Waals surface area contributed by atoms with Crippen LogP contribution in [0.3, 0.4) is 0 Å². The summed E-state index contributed by atoms with van der Waals surface area (Å²) in [6.45, 7) is 4.11. The summed E-state index contributed by atoms with van der Waals surface area (Å²) in [5.74, 6) is 0.491. The minimum Gasteiger partial charge on any atom is -0.481 e. The molecule has 2 rings (SSSR count). The van der Waals surface area contributed by atoms with Crippen molar-refractivity contribution in [2.75, 3.05) is 5.32 Å². The van der Waals surface area contributed by atoms with Gasteiger partial charge in [0.2, 0.25) is 0 Å². The first-order chi connectivity index (χ1) is 11.6. The third-order valence-electron chi connectivity index (χ3n) is 3.80. The van der Waals surface area contributed by atoms with E-state index in [0.717, 1.165) is 12.1 Å². The lowest BCUT2D eigenvalue weighted by Crippen LogP contribution is -2.32. The topological polar surface area (TPSA) is 38.3 Å². The van der Waals surface area contributed by atoms with Gasteiger partial charge >= 0.3 is 0 Å². The third-order valence-corrected chi connectivity index (χ3v) is 4.05. The van der Waals surface area contributed by atoms with Crippen LogP contribution in [0.4, 0.5) is 5.69 Å². The first-order valence-corrected chi connectivity index (χ1v) is 8.82. The van der Waals surface area contributed by atoms with Gasteiger partial charge in [0.15, 0.2) is 6.10 Å². The molecule has 0 aliphatic rings. The highest BCUT2D eigenvalue weighted by atomic mass is 35.5. The maximum absolute atomic E-state index is 12.4. The molecule has 0 bridgehead atoms. The Morgan fingerprint density at radius 2 is 1.75 bits per heavy atom. The van der Waals surface area contributed by atoms with Crippen LogP contribution in [0.2, 0.25) is 5.02 Å². The number of ether oxygens (including phenoxy) is 1. The van der Waals surface area contributed by atoms with Gasteiger partial charge in [-0.3, -0.25) is 4.79 Å². The van der Waals surface area contributed by atoms with Gasteiger partial charge in [0, 0.05) is 10.7 Å². The first kappa shape index (κ1) is 18.3. The normalized spacial score (nSPS) is 11.8. The number of hydrogen-bond acceptors (Lipinski definition) is 2. The van der Waals surface area contributed by atoms with Crippen LogP contribution < -0.4 is 10.1 Å². The summed E-state index contributed by atoms with van der Waals surface area (Å²) in [6, 6.07) is 15.0. The van der Waals surface area contributed by atoms with E-state index in [9.17, 15) is 4.79 Å². The van der Waals surface area contributed by atoms with Crippen molar-refractivity contribution in [3.63, 3.8) is 0 Å². The number of hydrogen-bond donors (Lipinski definition) is 1. The molecule has 0 aliphatic heterocycles. The minimum atomic E-state index is -0.536. The predicted octanol–water partition coefficient (Wildman–Crippen LogP) is 5.48. The van der Waals surface area contributed by atoms with Crippen LogP contribution >= 0.6 is 11.6 Å². The second-order valence-electron chi connectivity index (χ2n) is 5.76. The molecule has 0 aliphatic carbocycles. The second kappa shape index (κ2) is 9.33. The second-order valence-corrected chi connectivity index (χ2v) is 6.19. The van der Waals surface area contributed by atoms with Crippen molar-refractivity contribution >= 4 is 23.2 Å². The fraction of sp³-hybridized carbons (Fsp3) is 0.350. The molecule has 0 heterocycles. The highest BCUT2D eigenvalue weighted by Gasteiger charge is 2.18. The molecule has 0 spiro atoms. The Morgan fingerprint density at radius 1 is 1.08 bits per heavy atom. The maximum Gasteiger partial charge on any atom is 0.265 e. The number of unbranched alkanes of at least 4 members (excludes halogenated alkanes) is 1. The standard InChI is InChI=1S/C20H24ClNO2/c1-3-5-6-15-7-11-17(12-8-15)22-20(23)19(4-2)24-18-13-9-16(21)10-14-18/h7-14,19H,3-6H2,1-2H3,(H,22,23)/t19-/m0/s1. The molecule has 0 saturated carbocycles. The molecule has 0 fully saturated rings. The average Bonchev–Trinajstić information content (AvgIpc) is 2.60. The maximum atomic E-state index is 12.4. The molecule has 2 aromatic rings. The number of halogens is 1. The molecule has 0 unspecified atom stereocenters. The zero-order valence-corrected chi connectivity index (χ0v) is 15.0. The zero-order chi connectivity index (χ0) is 17.4. The van der Waals surface area contributed by atoms with Gasteiger partial charge in [-0.25, -0.2) is 0 Å². The summed E-state index contributed by atoms with van der Waals surface area (Å²) in [5, 5.41) is 3.56. The molecule has 0 aromatic heterocycles. The summed E-state index contributed by atoms with van der Waals surface area (Å²) in [4.78, 5) is 12.4. The number of carbonyl (C=O) groups is 1. The van der Waals surface area contributed by atoms with E-state index in [0.29, 0.717) is 17.2 Å². The Bertz CT molecular complexity index is 638. The molecule has 2 aromatic carbocycles. The summed E-state index contributed by atoms with van der Waals surface area (Å²) in [7, 11) is 0. The number of benzene rings is 2. The molecular formula is C20H24ClNO2. The van der Waals surface area contributed by atoms with E-state index in [2.05, 4.69) is 24.4 Å². The van der Waals surface area contributed by atoms with E-state index in [1.54, 1.807) is 24.3 Å². The fourth-order valence-corrected chi connectivity index (χ4v) is 2.48. The Hall–Kier alpha value is -2.00. The van der Waals surface area contributed by atoms with Crippen molar-refractivity contribution in [2.45, 2.75) is 45.6 Å². The van der Waals surface area contributed by atoms with E-state index in [1.165, 1.54) is 18.4 Å². The van der Waals surface area contributed by atoms with Gasteiger partial charge in [0.25, 0.3) is 5.91 Å². The van der Waals surface area contributed by atoms with Crippen molar-refractivity contribution in [3.05, 3.63) is 59.1 Å². The average molecular weight is 346 g/mol. The van der Waals surface area contributed by atoms with Crippen LogP contribution in [0.1, 0.15) is 38.7 Å². The van der Waals surface area contributed by atoms with E-state index >= 15 is 0 Å². The minimum absolute atomic E-state index is 0.145. The largest absolute Gasteiger partial charge is 0.481 e. The van der Waals surface area contributed by atoms with Gasteiger partial charge in [0.1, 0.15) is 5.75 Å². The van der Waals surface area contributed by atoms with Gasteiger partial charge < -0.3 is 10.1 Å². The van der Waals surface area contributed by atoms with E-state index in [1.807, 2.05) is 19.1 Å². The quantitative estimate of drug-likeness (QED) is 0.688. The van der Waals surface area contributed by atoms with E-state index < -0.39 is 6.10 Å². The van der Waals surface area contributed by atoms with E-state index in [4.69, 9.17) is 16.3 Å². The van der Waals surface area contributed by atoms with E-state index in [-0.39, 0.29) is 5.91 Å². The Kier molecular flexibility index (Phi) is 7.13. The first-order valence-electron chi connectivity index (χ1n) is 8.44. The number of anilines is 1. The SMILES string of the molecule is CCCCc1ccc(NC(=O)[C@H](CC)Oc2ccc(Cl)cc2)cc1.